The molecule has 1 aliphatic rings. The molecule has 32 heavy (non-hydrogen) atoms. The molecule has 8 heteroatoms. The van der Waals surface area contributed by atoms with Crippen LogP contribution in [-0.2, 0) is 5.75 Å². The Hall–Kier alpha value is -2.97. The summed E-state index contributed by atoms with van der Waals surface area (Å²) in [5.74, 6) is 0.192. The van der Waals surface area contributed by atoms with Gasteiger partial charge < -0.3 is 5.73 Å². The van der Waals surface area contributed by atoms with Crippen molar-refractivity contribution < 1.29 is 4.79 Å². The maximum atomic E-state index is 13.3. The van der Waals surface area contributed by atoms with E-state index in [-0.39, 0.29) is 11.6 Å². The number of rotatable bonds is 6. The number of primary amides is 1. The molecule has 0 radical (unpaired) electrons. The predicted molar refractivity (Wildman–Crippen MR) is 129 cm³/mol. The Morgan fingerprint density at radius 3 is 2.59 bits per heavy atom. The number of thioether (sulfide) groups is 1. The summed E-state index contributed by atoms with van der Waals surface area (Å²) < 4.78 is 1.91. The van der Waals surface area contributed by atoms with Crippen LogP contribution in [0.15, 0.2) is 63.9 Å². The normalized spacial score (nSPS) is 14.2. The van der Waals surface area contributed by atoms with E-state index in [0.29, 0.717) is 16.7 Å². The van der Waals surface area contributed by atoms with Crippen LogP contribution in [0.25, 0.3) is 21.5 Å². The number of fused-ring (bicyclic) bond motifs is 1. The summed E-state index contributed by atoms with van der Waals surface area (Å²) in [7, 11) is 0. The second-order valence-corrected chi connectivity index (χ2v) is 9.70. The zero-order valence-electron chi connectivity index (χ0n) is 17.4. The molecule has 2 aromatic heterocycles. The van der Waals surface area contributed by atoms with E-state index in [4.69, 9.17) is 15.7 Å². The average molecular weight is 463 g/mol. The number of aromatic nitrogens is 3. The highest BCUT2D eigenvalue weighted by Gasteiger charge is 2.23. The molecule has 0 saturated heterocycles. The minimum atomic E-state index is -0.441. The summed E-state index contributed by atoms with van der Waals surface area (Å²) >= 11 is 3.12. The minimum absolute atomic E-state index is 0.0542. The minimum Gasteiger partial charge on any atom is -0.366 e. The van der Waals surface area contributed by atoms with E-state index in [1.165, 1.54) is 0 Å². The quantitative estimate of drug-likeness (QED) is 0.321. The van der Waals surface area contributed by atoms with Crippen LogP contribution in [0.3, 0.4) is 0 Å². The molecule has 1 fully saturated rings. The third kappa shape index (κ3) is 4.08. The summed E-state index contributed by atoms with van der Waals surface area (Å²) in [6, 6.07) is 14.9. The Morgan fingerprint density at radius 2 is 1.84 bits per heavy atom. The first-order chi connectivity index (χ1) is 15.6. The van der Waals surface area contributed by atoms with Gasteiger partial charge in [0.25, 0.3) is 5.56 Å². The number of carbonyl (C=O) groups is 1. The number of carbonyl (C=O) groups excluding carboxylic acids is 1. The molecule has 1 aliphatic carbocycles. The number of hydrogen-bond donors (Lipinski definition) is 1. The van der Waals surface area contributed by atoms with Gasteiger partial charge in [-0.2, -0.15) is 0 Å². The van der Waals surface area contributed by atoms with Gasteiger partial charge in [-0.15, -0.1) is 11.3 Å². The Balaban J connectivity index is 1.41. The van der Waals surface area contributed by atoms with Gasteiger partial charge in [0, 0.05) is 28.3 Å². The van der Waals surface area contributed by atoms with Gasteiger partial charge in [0.1, 0.15) is 5.01 Å². The number of thiazole rings is 1. The molecule has 5 rings (SSSR count). The van der Waals surface area contributed by atoms with Crippen molar-refractivity contribution in [3.63, 3.8) is 0 Å². The van der Waals surface area contributed by atoms with E-state index in [2.05, 4.69) is 0 Å². The standard InChI is InChI=1S/C24H22N4O2S2/c25-21(29)15-9-11-16(12-10-15)22-26-17(13-31-22)14-32-24-27-20-8-4-3-7-19(20)23(30)28(24)18-5-1-2-6-18/h3-4,7-13,18H,1-2,5-6,14H2,(H2,25,29). The lowest BCUT2D eigenvalue weighted by molar-refractivity contribution is 0.100. The molecule has 2 aromatic carbocycles. The lowest BCUT2D eigenvalue weighted by Crippen LogP contribution is -2.26. The molecular formula is C24H22N4O2S2. The first-order valence-corrected chi connectivity index (χ1v) is 12.5. The number of para-hydroxylation sites is 1. The van der Waals surface area contributed by atoms with Crippen molar-refractivity contribution >= 4 is 39.9 Å². The van der Waals surface area contributed by atoms with E-state index in [1.807, 2.05) is 46.3 Å². The van der Waals surface area contributed by atoms with Crippen molar-refractivity contribution in [2.45, 2.75) is 42.6 Å². The number of nitrogens with two attached hydrogens (primary N) is 1. The highest BCUT2D eigenvalue weighted by Crippen LogP contribution is 2.33. The topological polar surface area (TPSA) is 90.9 Å². The molecule has 2 heterocycles. The van der Waals surface area contributed by atoms with Crippen molar-refractivity contribution in [2.75, 3.05) is 0 Å². The van der Waals surface area contributed by atoms with E-state index >= 15 is 0 Å². The summed E-state index contributed by atoms with van der Waals surface area (Å²) in [5.41, 5.74) is 8.48. The van der Waals surface area contributed by atoms with Gasteiger partial charge in [-0.3, -0.25) is 14.2 Å². The molecule has 0 aliphatic heterocycles. The number of amides is 1. The summed E-state index contributed by atoms with van der Waals surface area (Å²) in [5, 5.41) is 4.36. The molecular weight excluding hydrogens is 440 g/mol. The van der Waals surface area contributed by atoms with Gasteiger partial charge in [-0.1, -0.05) is 48.9 Å². The molecule has 1 amide bonds. The van der Waals surface area contributed by atoms with Crippen LogP contribution in [0.5, 0.6) is 0 Å². The third-order valence-electron chi connectivity index (χ3n) is 5.78. The number of benzene rings is 2. The predicted octanol–water partition coefficient (Wildman–Crippen LogP) is 5.03. The second kappa shape index (κ2) is 8.88. The Labute approximate surface area is 193 Å². The SMILES string of the molecule is NC(=O)c1ccc(-c2nc(CSc3nc4ccccc4c(=O)n3C3CCCC3)cs2)cc1. The molecule has 0 unspecified atom stereocenters. The van der Waals surface area contributed by atoms with Crippen LogP contribution in [-0.4, -0.2) is 20.4 Å². The van der Waals surface area contributed by atoms with Crippen molar-refractivity contribution in [1.82, 2.24) is 14.5 Å². The van der Waals surface area contributed by atoms with E-state index < -0.39 is 5.91 Å². The van der Waals surface area contributed by atoms with Crippen LogP contribution < -0.4 is 11.3 Å². The first kappa shape index (κ1) is 20.9. The highest BCUT2D eigenvalue weighted by atomic mass is 32.2. The highest BCUT2D eigenvalue weighted by molar-refractivity contribution is 7.98. The van der Waals surface area contributed by atoms with Crippen molar-refractivity contribution in [1.29, 1.82) is 0 Å². The molecule has 162 valence electrons. The summed E-state index contributed by atoms with van der Waals surface area (Å²) in [4.78, 5) is 34.1. The van der Waals surface area contributed by atoms with Crippen molar-refractivity contribution in [3.8, 4) is 10.6 Å². The average Bonchev–Trinajstić information content (AvgIpc) is 3.50. The maximum absolute atomic E-state index is 13.3. The fraction of sp³-hybridized carbons (Fsp3) is 0.250. The molecule has 0 atom stereocenters. The summed E-state index contributed by atoms with van der Waals surface area (Å²) in [6.45, 7) is 0. The van der Waals surface area contributed by atoms with Crippen LogP contribution in [0.1, 0.15) is 47.8 Å². The van der Waals surface area contributed by atoms with Crippen LogP contribution >= 0.6 is 23.1 Å². The lowest BCUT2D eigenvalue weighted by atomic mass is 10.1. The largest absolute Gasteiger partial charge is 0.366 e. The van der Waals surface area contributed by atoms with Gasteiger partial charge in [0.05, 0.1) is 16.6 Å². The first-order valence-electron chi connectivity index (χ1n) is 10.6. The zero-order chi connectivity index (χ0) is 22.1. The fourth-order valence-corrected chi connectivity index (χ4v) is 6.02. The van der Waals surface area contributed by atoms with Gasteiger partial charge >= 0.3 is 0 Å². The van der Waals surface area contributed by atoms with Crippen molar-refractivity contribution in [3.05, 3.63) is 75.5 Å². The molecule has 4 aromatic rings. The van der Waals surface area contributed by atoms with Crippen LogP contribution in [0, 0.1) is 0 Å². The van der Waals surface area contributed by atoms with Crippen LogP contribution in [0.2, 0.25) is 0 Å². The summed E-state index contributed by atoms with van der Waals surface area (Å²) in [6.07, 6.45) is 4.35. The van der Waals surface area contributed by atoms with Gasteiger partial charge in [-0.05, 0) is 37.1 Å². The molecule has 6 nitrogen and oxygen atoms in total. The van der Waals surface area contributed by atoms with Crippen LogP contribution in [0.4, 0.5) is 0 Å². The van der Waals surface area contributed by atoms with E-state index in [9.17, 15) is 9.59 Å². The fourth-order valence-electron chi connectivity index (χ4n) is 4.13. The zero-order valence-corrected chi connectivity index (χ0v) is 19.0. The molecule has 0 bridgehead atoms. The Kier molecular flexibility index (Phi) is 5.80. The number of nitrogens with zero attached hydrogens (tertiary/aromatic N) is 3. The van der Waals surface area contributed by atoms with E-state index in [1.54, 1.807) is 35.2 Å². The molecule has 0 spiro atoms. The monoisotopic (exact) mass is 462 g/mol. The van der Waals surface area contributed by atoms with Gasteiger partial charge in [0.2, 0.25) is 5.91 Å². The lowest BCUT2D eigenvalue weighted by Gasteiger charge is -2.18. The van der Waals surface area contributed by atoms with Crippen molar-refractivity contribution in [2.24, 2.45) is 5.73 Å². The molecule has 1 saturated carbocycles. The second-order valence-electron chi connectivity index (χ2n) is 7.90. The Bertz CT molecular complexity index is 1340. The van der Waals surface area contributed by atoms with Gasteiger partial charge in [0.15, 0.2) is 5.16 Å². The number of hydrogen-bond acceptors (Lipinski definition) is 6. The van der Waals surface area contributed by atoms with Gasteiger partial charge in [-0.25, -0.2) is 9.97 Å². The third-order valence-corrected chi connectivity index (χ3v) is 7.71. The smallest absolute Gasteiger partial charge is 0.262 e. The van der Waals surface area contributed by atoms with E-state index in [0.717, 1.165) is 52.6 Å². The Morgan fingerprint density at radius 1 is 1.09 bits per heavy atom. The molecule has 2 N–H and O–H groups in total. The maximum Gasteiger partial charge on any atom is 0.262 e.